The van der Waals surface area contributed by atoms with Gasteiger partial charge in [-0.1, -0.05) is 75.8 Å². The Kier molecular flexibility index (Phi) is 11.4. The molecule has 0 heterocycles. The second kappa shape index (κ2) is 13.5. The number of rotatable bonds is 12. The number of ether oxygens (including phenoxy) is 1. The van der Waals surface area contributed by atoms with E-state index < -0.39 is 24.1 Å². The van der Waals surface area contributed by atoms with E-state index in [2.05, 4.69) is 6.92 Å². The van der Waals surface area contributed by atoms with Crippen LogP contribution in [0.4, 0.5) is 0 Å². The monoisotopic (exact) mass is 399 g/mol. The molecule has 158 valence electrons. The molecule has 1 aromatic carbocycles. The van der Waals surface area contributed by atoms with E-state index >= 15 is 0 Å². The van der Waals surface area contributed by atoms with Crippen molar-refractivity contribution in [2.24, 2.45) is 17.6 Å². The van der Waals surface area contributed by atoms with Gasteiger partial charge in [0.25, 0.3) is 0 Å². The lowest BCUT2D eigenvalue weighted by Crippen LogP contribution is -2.37. The van der Waals surface area contributed by atoms with Crippen LogP contribution in [0.1, 0.15) is 45.6 Å². The van der Waals surface area contributed by atoms with Crippen molar-refractivity contribution in [3.63, 3.8) is 0 Å². The molecule has 29 heavy (non-hydrogen) atoms. The summed E-state index contributed by atoms with van der Waals surface area (Å²) >= 11 is 0. The number of amides is 1. The zero-order chi connectivity index (χ0) is 21.6. The normalized spacial score (nSPS) is 16.1. The third-order valence-corrected chi connectivity index (χ3v) is 4.78. The van der Waals surface area contributed by atoms with Crippen molar-refractivity contribution < 1.29 is 19.4 Å². The van der Waals surface area contributed by atoms with Crippen LogP contribution < -0.4 is 5.73 Å². The second-order valence-corrected chi connectivity index (χ2v) is 7.26. The zero-order valence-electron chi connectivity index (χ0n) is 17.5. The zero-order valence-corrected chi connectivity index (χ0v) is 17.5. The van der Waals surface area contributed by atoms with Crippen LogP contribution in [0.5, 0.6) is 0 Å². The average molecular weight is 400 g/mol. The number of allylic oxidation sites excluding steroid dienone is 2. The first kappa shape index (κ1) is 24.4. The van der Waals surface area contributed by atoms with Crippen LogP contribution in [0.3, 0.4) is 0 Å². The van der Waals surface area contributed by atoms with E-state index in [1.54, 1.807) is 18.2 Å². The quantitative estimate of drug-likeness (QED) is 0.315. The van der Waals surface area contributed by atoms with E-state index in [9.17, 15) is 14.7 Å². The first-order valence-corrected chi connectivity index (χ1v) is 10.1. The maximum absolute atomic E-state index is 12.4. The number of esters is 1. The Labute approximate surface area is 174 Å². The van der Waals surface area contributed by atoms with E-state index in [-0.39, 0.29) is 11.8 Å². The summed E-state index contributed by atoms with van der Waals surface area (Å²) in [6, 6.07) is 9.54. The summed E-state index contributed by atoms with van der Waals surface area (Å²) < 4.78 is 5.74. The van der Waals surface area contributed by atoms with Crippen LogP contribution in [0.2, 0.25) is 0 Å². The molecule has 0 fully saturated rings. The summed E-state index contributed by atoms with van der Waals surface area (Å²) in [7, 11) is 0. The fourth-order valence-electron chi connectivity index (χ4n) is 3.14. The number of benzene rings is 1. The largest absolute Gasteiger partial charge is 0.459 e. The summed E-state index contributed by atoms with van der Waals surface area (Å²) in [5.74, 6) is -1.05. The highest BCUT2D eigenvalue weighted by molar-refractivity contribution is 5.87. The molecule has 0 saturated heterocycles. The molecule has 5 heteroatoms. The molecule has 0 aromatic heterocycles. The van der Waals surface area contributed by atoms with E-state index in [0.717, 1.165) is 18.4 Å². The predicted molar refractivity (Wildman–Crippen MR) is 117 cm³/mol. The van der Waals surface area contributed by atoms with Gasteiger partial charge < -0.3 is 15.6 Å². The Balaban J connectivity index is 2.75. The molecule has 5 nitrogen and oxygen atoms in total. The van der Waals surface area contributed by atoms with Gasteiger partial charge in [-0.3, -0.25) is 4.79 Å². The van der Waals surface area contributed by atoms with Crippen molar-refractivity contribution >= 4 is 18.0 Å². The molecule has 0 aliphatic rings. The van der Waals surface area contributed by atoms with Crippen LogP contribution in [0.25, 0.3) is 6.08 Å². The average Bonchev–Trinajstić information content (AvgIpc) is 2.70. The summed E-state index contributed by atoms with van der Waals surface area (Å²) in [5.41, 5.74) is 5.95. The number of nitrogens with two attached hydrogens (primary N) is 1. The SMILES string of the molecule is CCC[C@@H](C)[C@H](OC(=O)/C=C/c1ccccc1)[C@H](C)[C@H](O)C/C=C/C=C/C(N)=O. The first-order chi connectivity index (χ1) is 13.8. The third kappa shape index (κ3) is 9.90. The molecule has 0 aliphatic carbocycles. The second-order valence-electron chi connectivity index (χ2n) is 7.26. The van der Waals surface area contributed by atoms with Crippen LogP contribution in [-0.4, -0.2) is 29.2 Å². The lowest BCUT2D eigenvalue weighted by molar-refractivity contribution is -0.151. The number of hydrogen-bond acceptors (Lipinski definition) is 4. The highest BCUT2D eigenvalue weighted by Crippen LogP contribution is 2.25. The lowest BCUT2D eigenvalue weighted by Gasteiger charge is -2.31. The maximum atomic E-state index is 12.4. The molecular formula is C24H33NO4. The molecule has 0 unspecified atom stereocenters. The molecular weight excluding hydrogens is 366 g/mol. The molecule has 1 amide bonds. The Morgan fingerprint density at radius 3 is 2.45 bits per heavy atom. The van der Waals surface area contributed by atoms with Gasteiger partial charge in [-0.25, -0.2) is 4.79 Å². The number of carbonyl (C=O) groups is 2. The molecule has 1 rings (SSSR count). The molecule has 4 atom stereocenters. The van der Waals surface area contributed by atoms with Crippen LogP contribution in [0.15, 0.2) is 60.7 Å². The predicted octanol–water partition coefficient (Wildman–Crippen LogP) is 4.03. The number of primary amides is 1. The molecule has 0 aliphatic heterocycles. The van der Waals surface area contributed by atoms with Gasteiger partial charge in [0.15, 0.2) is 0 Å². The van der Waals surface area contributed by atoms with Gasteiger partial charge in [0.2, 0.25) is 5.91 Å². The summed E-state index contributed by atoms with van der Waals surface area (Å²) in [5, 5.41) is 10.6. The van der Waals surface area contributed by atoms with Crippen LogP contribution in [-0.2, 0) is 14.3 Å². The molecule has 1 aromatic rings. The van der Waals surface area contributed by atoms with E-state index in [4.69, 9.17) is 10.5 Å². The van der Waals surface area contributed by atoms with Crippen molar-refractivity contribution in [2.45, 2.75) is 52.2 Å². The lowest BCUT2D eigenvalue weighted by atomic mass is 9.85. The Morgan fingerprint density at radius 2 is 1.83 bits per heavy atom. The maximum Gasteiger partial charge on any atom is 0.331 e. The number of hydrogen-bond donors (Lipinski definition) is 2. The van der Waals surface area contributed by atoms with Crippen molar-refractivity contribution in [1.29, 1.82) is 0 Å². The van der Waals surface area contributed by atoms with Gasteiger partial charge in [0, 0.05) is 18.1 Å². The van der Waals surface area contributed by atoms with E-state index in [1.807, 2.05) is 44.2 Å². The third-order valence-electron chi connectivity index (χ3n) is 4.78. The molecule has 3 N–H and O–H groups in total. The highest BCUT2D eigenvalue weighted by Gasteiger charge is 2.30. The van der Waals surface area contributed by atoms with Gasteiger partial charge in [-0.05, 0) is 30.4 Å². The van der Waals surface area contributed by atoms with Crippen molar-refractivity contribution in [3.8, 4) is 0 Å². The smallest absolute Gasteiger partial charge is 0.331 e. The Bertz CT molecular complexity index is 709. The van der Waals surface area contributed by atoms with E-state index in [1.165, 1.54) is 18.2 Å². The molecule has 0 bridgehead atoms. The van der Waals surface area contributed by atoms with Gasteiger partial charge in [0.1, 0.15) is 6.10 Å². The standard InChI is InChI=1S/C24H33NO4/c1-4-11-18(2)24(19(3)21(26)14-9-6-10-15-22(25)27)29-23(28)17-16-20-12-7-5-8-13-20/h5-10,12-13,15-19,21,24,26H,4,11,14H2,1-3H3,(H2,25,27)/b9-6+,15-10+,17-16+/t18-,19-,21-,24+/m1/s1. The van der Waals surface area contributed by atoms with Crippen molar-refractivity contribution in [1.82, 2.24) is 0 Å². The topological polar surface area (TPSA) is 89.6 Å². The molecule has 0 radical (unpaired) electrons. The summed E-state index contributed by atoms with van der Waals surface area (Å²) in [4.78, 5) is 23.0. The molecule has 0 saturated carbocycles. The van der Waals surface area contributed by atoms with Gasteiger partial charge >= 0.3 is 5.97 Å². The fourth-order valence-corrected chi connectivity index (χ4v) is 3.14. The van der Waals surface area contributed by atoms with Gasteiger partial charge in [-0.15, -0.1) is 0 Å². The Morgan fingerprint density at radius 1 is 1.14 bits per heavy atom. The fraction of sp³-hybridized carbons (Fsp3) is 0.417. The minimum Gasteiger partial charge on any atom is -0.459 e. The summed E-state index contributed by atoms with van der Waals surface area (Å²) in [6.07, 6.45) is 10.5. The number of carbonyl (C=O) groups excluding carboxylic acids is 2. The van der Waals surface area contributed by atoms with Crippen LogP contribution in [0, 0.1) is 11.8 Å². The summed E-state index contributed by atoms with van der Waals surface area (Å²) in [6.45, 7) is 6.01. The number of aliphatic hydroxyl groups is 1. The minimum atomic E-state index is -0.677. The highest BCUT2D eigenvalue weighted by atomic mass is 16.5. The van der Waals surface area contributed by atoms with Crippen molar-refractivity contribution in [3.05, 3.63) is 66.3 Å². The minimum absolute atomic E-state index is 0.123. The number of aliphatic hydroxyl groups excluding tert-OH is 1. The first-order valence-electron chi connectivity index (χ1n) is 10.1. The Hall–Kier alpha value is -2.66. The molecule has 0 spiro atoms. The van der Waals surface area contributed by atoms with Gasteiger partial charge in [-0.2, -0.15) is 0 Å². The van der Waals surface area contributed by atoms with E-state index in [0.29, 0.717) is 6.42 Å². The van der Waals surface area contributed by atoms with Gasteiger partial charge in [0.05, 0.1) is 6.10 Å². The van der Waals surface area contributed by atoms with Crippen molar-refractivity contribution in [2.75, 3.05) is 0 Å². The van der Waals surface area contributed by atoms with Crippen LogP contribution >= 0.6 is 0 Å².